The van der Waals surface area contributed by atoms with Crippen LogP contribution < -0.4 is 5.32 Å². The summed E-state index contributed by atoms with van der Waals surface area (Å²) in [7, 11) is 0. The Labute approximate surface area is 120 Å². The second-order valence-corrected chi connectivity index (χ2v) is 4.42. The van der Waals surface area contributed by atoms with E-state index in [2.05, 4.69) is 15.4 Å². The van der Waals surface area contributed by atoms with Gasteiger partial charge in [-0.3, -0.25) is 0 Å². The molecule has 0 aliphatic heterocycles. The van der Waals surface area contributed by atoms with E-state index in [1.165, 1.54) is 12.1 Å². The average molecular weight is 286 g/mol. The highest BCUT2D eigenvalue weighted by Gasteiger charge is 2.07. The molecule has 2 aromatic heterocycles. The number of nitrogens with one attached hydrogen (secondary N) is 1. The minimum atomic E-state index is -0.846. The predicted molar refractivity (Wildman–Crippen MR) is 75.0 cm³/mol. The summed E-state index contributed by atoms with van der Waals surface area (Å²) in [5, 5.41) is 7.08. The lowest BCUT2D eigenvalue weighted by atomic mass is 10.2. The van der Waals surface area contributed by atoms with Crippen LogP contribution in [0.1, 0.15) is 5.56 Å². The van der Waals surface area contributed by atoms with Gasteiger partial charge in [0, 0.05) is 24.5 Å². The summed E-state index contributed by atoms with van der Waals surface area (Å²) in [4.78, 5) is 4.24. The molecule has 3 rings (SSSR count). The molecule has 0 radical (unpaired) electrons. The van der Waals surface area contributed by atoms with Crippen molar-refractivity contribution in [1.82, 2.24) is 14.8 Å². The summed E-state index contributed by atoms with van der Waals surface area (Å²) in [6.07, 6.45) is 5.08. The zero-order chi connectivity index (χ0) is 14.7. The van der Waals surface area contributed by atoms with Gasteiger partial charge in [0.15, 0.2) is 17.5 Å². The lowest BCUT2D eigenvalue weighted by Crippen LogP contribution is -2.04. The number of halogens is 2. The SMILES string of the molecule is Fc1cccc(CNc2ccc(-n3cccn3)nc2)c1F. The highest BCUT2D eigenvalue weighted by atomic mass is 19.2. The molecule has 0 aliphatic carbocycles. The quantitative estimate of drug-likeness (QED) is 0.801. The number of anilines is 1. The van der Waals surface area contributed by atoms with E-state index in [0.717, 1.165) is 11.8 Å². The summed E-state index contributed by atoms with van der Waals surface area (Å²) in [6.45, 7) is 0.187. The maximum atomic E-state index is 13.5. The molecule has 1 aromatic carbocycles. The summed E-state index contributed by atoms with van der Waals surface area (Å²) in [5.41, 5.74) is 0.987. The smallest absolute Gasteiger partial charge is 0.163 e. The van der Waals surface area contributed by atoms with Crippen LogP contribution in [0.25, 0.3) is 5.82 Å². The fraction of sp³-hybridized carbons (Fsp3) is 0.0667. The molecule has 0 unspecified atom stereocenters. The Kier molecular flexibility index (Phi) is 3.59. The van der Waals surface area contributed by atoms with E-state index in [0.29, 0.717) is 5.82 Å². The second kappa shape index (κ2) is 5.70. The molecule has 2 heterocycles. The first-order valence-electron chi connectivity index (χ1n) is 6.37. The van der Waals surface area contributed by atoms with Crippen molar-refractivity contribution in [3.63, 3.8) is 0 Å². The Morgan fingerprint density at radius 3 is 2.71 bits per heavy atom. The molecular weight excluding hydrogens is 274 g/mol. The van der Waals surface area contributed by atoms with Gasteiger partial charge >= 0.3 is 0 Å². The third-order valence-corrected chi connectivity index (χ3v) is 3.00. The molecule has 106 valence electrons. The molecule has 3 aromatic rings. The van der Waals surface area contributed by atoms with Gasteiger partial charge in [-0.1, -0.05) is 12.1 Å². The van der Waals surface area contributed by atoms with Gasteiger partial charge in [0.25, 0.3) is 0 Å². The summed E-state index contributed by atoms with van der Waals surface area (Å²) >= 11 is 0. The van der Waals surface area contributed by atoms with Crippen LogP contribution in [0.5, 0.6) is 0 Å². The monoisotopic (exact) mass is 286 g/mol. The highest BCUT2D eigenvalue weighted by molar-refractivity contribution is 5.44. The van der Waals surface area contributed by atoms with Gasteiger partial charge in [0.05, 0.1) is 11.9 Å². The fourth-order valence-electron chi connectivity index (χ4n) is 1.91. The average Bonchev–Trinajstić information content (AvgIpc) is 3.04. The Morgan fingerprint density at radius 2 is 2.00 bits per heavy atom. The van der Waals surface area contributed by atoms with E-state index in [-0.39, 0.29) is 12.1 Å². The number of nitrogens with zero attached hydrogens (tertiary/aromatic N) is 3. The third-order valence-electron chi connectivity index (χ3n) is 3.00. The number of hydrogen-bond acceptors (Lipinski definition) is 3. The summed E-state index contributed by atoms with van der Waals surface area (Å²) in [5.74, 6) is -0.991. The first-order valence-corrected chi connectivity index (χ1v) is 6.37. The minimum Gasteiger partial charge on any atom is -0.380 e. The zero-order valence-corrected chi connectivity index (χ0v) is 11.0. The lowest BCUT2D eigenvalue weighted by Gasteiger charge is -2.08. The minimum absolute atomic E-state index is 0.187. The van der Waals surface area contributed by atoms with Gasteiger partial charge in [-0.25, -0.2) is 18.4 Å². The molecule has 0 amide bonds. The maximum Gasteiger partial charge on any atom is 0.163 e. The Balaban J connectivity index is 1.70. The summed E-state index contributed by atoms with van der Waals surface area (Å²) in [6, 6.07) is 9.52. The first-order chi connectivity index (χ1) is 10.2. The van der Waals surface area contributed by atoms with E-state index < -0.39 is 11.6 Å². The number of benzene rings is 1. The zero-order valence-electron chi connectivity index (χ0n) is 11.0. The molecule has 0 atom stereocenters. The topological polar surface area (TPSA) is 42.7 Å². The Bertz CT molecular complexity index is 724. The molecule has 6 heteroatoms. The molecular formula is C15H12F2N4. The van der Waals surface area contributed by atoms with Gasteiger partial charge < -0.3 is 5.32 Å². The Hall–Kier alpha value is -2.76. The van der Waals surface area contributed by atoms with Gasteiger partial charge in [-0.2, -0.15) is 5.10 Å². The van der Waals surface area contributed by atoms with Crippen LogP contribution in [0, 0.1) is 11.6 Å². The van der Waals surface area contributed by atoms with Crippen molar-refractivity contribution in [2.75, 3.05) is 5.32 Å². The molecule has 4 nitrogen and oxygen atoms in total. The van der Waals surface area contributed by atoms with Crippen molar-refractivity contribution in [2.24, 2.45) is 0 Å². The fourth-order valence-corrected chi connectivity index (χ4v) is 1.91. The van der Waals surface area contributed by atoms with Crippen LogP contribution in [-0.4, -0.2) is 14.8 Å². The van der Waals surface area contributed by atoms with E-state index >= 15 is 0 Å². The van der Waals surface area contributed by atoms with Gasteiger partial charge in [0.1, 0.15) is 0 Å². The van der Waals surface area contributed by atoms with Gasteiger partial charge in [0.2, 0.25) is 0 Å². The standard InChI is InChI=1S/C15H12F2N4/c16-13-4-1-3-11(15(13)17)9-18-12-5-6-14(19-10-12)21-8-2-7-20-21/h1-8,10,18H,9H2. The van der Waals surface area contributed by atoms with E-state index in [1.54, 1.807) is 41.5 Å². The Morgan fingerprint density at radius 1 is 1.10 bits per heavy atom. The second-order valence-electron chi connectivity index (χ2n) is 4.42. The number of hydrogen-bond donors (Lipinski definition) is 1. The first kappa shape index (κ1) is 13.2. The van der Waals surface area contributed by atoms with Crippen LogP contribution in [-0.2, 0) is 6.54 Å². The third kappa shape index (κ3) is 2.89. The molecule has 0 saturated heterocycles. The normalized spacial score (nSPS) is 10.6. The van der Waals surface area contributed by atoms with Crippen LogP contribution in [0.3, 0.4) is 0 Å². The van der Waals surface area contributed by atoms with Gasteiger partial charge in [-0.15, -0.1) is 0 Å². The largest absolute Gasteiger partial charge is 0.380 e. The molecule has 21 heavy (non-hydrogen) atoms. The van der Waals surface area contributed by atoms with E-state index in [9.17, 15) is 8.78 Å². The number of rotatable bonds is 4. The van der Waals surface area contributed by atoms with Gasteiger partial charge in [-0.05, 0) is 24.3 Å². The van der Waals surface area contributed by atoms with Crippen molar-refractivity contribution >= 4 is 5.69 Å². The van der Waals surface area contributed by atoms with Crippen LogP contribution >= 0.6 is 0 Å². The highest BCUT2D eigenvalue weighted by Crippen LogP contribution is 2.14. The van der Waals surface area contributed by atoms with E-state index in [4.69, 9.17) is 0 Å². The van der Waals surface area contributed by atoms with Crippen molar-refractivity contribution < 1.29 is 8.78 Å². The lowest BCUT2D eigenvalue weighted by molar-refractivity contribution is 0.500. The maximum absolute atomic E-state index is 13.5. The van der Waals surface area contributed by atoms with Crippen LogP contribution in [0.2, 0.25) is 0 Å². The number of aromatic nitrogens is 3. The van der Waals surface area contributed by atoms with Crippen molar-refractivity contribution in [3.8, 4) is 5.82 Å². The molecule has 0 spiro atoms. The van der Waals surface area contributed by atoms with Crippen molar-refractivity contribution in [1.29, 1.82) is 0 Å². The van der Waals surface area contributed by atoms with E-state index in [1.807, 2.05) is 0 Å². The molecule has 0 bridgehead atoms. The van der Waals surface area contributed by atoms with Crippen LogP contribution in [0.15, 0.2) is 55.0 Å². The molecule has 1 N–H and O–H groups in total. The van der Waals surface area contributed by atoms with Crippen molar-refractivity contribution in [3.05, 3.63) is 72.2 Å². The molecule has 0 fully saturated rings. The molecule has 0 saturated carbocycles. The van der Waals surface area contributed by atoms with Crippen molar-refractivity contribution in [2.45, 2.75) is 6.54 Å². The summed E-state index contributed by atoms with van der Waals surface area (Å²) < 4.78 is 28.2. The number of pyridine rings is 1. The van der Waals surface area contributed by atoms with Crippen LogP contribution in [0.4, 0.5) is 14.5 Å². The molecule has 0 aliphatic rings. The predicted octanol–water partition coefficient (Wildman–Crippen LogP) is 3.16.